The molecule has 0 bridgehead atoms. The van der Waals surface area contributed by atoms with Crippen LogP contribution in [0.5, 0.6) is 0 Å². The number of pyridine rings is 1. The molecule has 2 aromatic heterocycles. The molecule has 0 aliphatic carbocycles. The SMILES string of the molecule is Cc1cc2c(=O)n(-c3c(C(C)C)cccc3C(C)C)c(=O)c3cc(Br)c4sc5ccccc5c1c4c32. The van der Waals surface area contributed by atoms with Gasteiger partial charge in [0.15, 0.2) is 0 Å². The average Bonchev–Trinajstić information content (AvgIpc) is 2.85. The van der Waals surface area contributed by atoms with E-state index in [9.17, 15) is 9.59 Å². The molecule has 3 nitrogen and oxygen atoms in total. The summed E-state index contributed by atoms with van der Waals surface area (Å²) in [7, 11) is 0. The molecule has 0 radical (unpaired) electrons. The van der Waals surface area contributed by atoms with Crippen LogP contribution in [0.4, 0.5) is 0 Å². The van der Waals surface area contributed by atoms with Crippen LogP contribution in [0.1, 0.15) is 56.2 Å². The van der Waals surface area contributed by atoms with Gasteiger partial charge >= 0.3 is 0 Å². The van der Waals surface area contributed by atoms with Gasteiger partial charge in [0.05, 0.1) is 15.8 Å². The molecule has 0 fully saturated rings. The Bertz CT molecular complexity index is 1900. The standard InChI is InChI=1S/C31H26BrNO2S/c1-15(2)18-10-8-11-19(16(3)4)28(18)33-30(34)21-13-17(5)25-20-9-6-7-12-24(20)36-29-23(32)14-22(31(33)35)26(21)27(25)29/h6-16H,1-5H3. The summed E-state index contributed by atoms with van der Waals surface area (Å²) >= 11 is 5.47. The van der Waals surface area contributed by atoms with Crippen molar-refractivity contribution >= 4 is 69.0 Å². The van der Waals surface area contributed by atoms with E-state index in [2.05, 4.69) is 62.7 Å². The minimum absolute atomic E-state index is 0.164. The molecule has 0 unspecified atom stereocenters. The Morgan fingerprint density at radius 3 is 2.00 bits per heavy atom. The van der Waals surface area contributed by atoms with Crippen molar-refractivity contribution in [2.45, 2.75) is 46.5 Å². The lowest BCUT2D eigenvalue weighted by molar-refractivity contribution is 0.792. The van der Waals surface area contributed by atoms with Gasteiger partial charge in [0, 0.05) is 25.3 Å². The molecule has 0 saturated carbocycles. The summed E-state index contributed by atoms with van der Waals surface area (Å²) in [6, 6.07) is 18.4. The molecule has 0 aliphatic rings. The van der Waals surface area contributed by atoms with E-state index in [1.54, 1.807) is 11.3 Å². The summed E-state index contributed by atoms with van der Waals surface area (Å²) in [5.74, 6) is 0.329. The van der Waals surface area contributed by atoms with E-state index < -0.39 is 0 Å². The van der Waals surface area contributed by atoms with Gasteiger partial charge in [0.25, 0.3) is 11.1 Å². The summed E-state index contributed by atoms with van der Waals surface area (Å²) in [6.45, 7) is 10.5. The van der Waals surface area contributed by atoms with Crippen LogP contribution in [-0.2, 0) is 0 Å². The monoisotopic (exact) mass is 555 g/mol. The van der Waals surface area contributed by atoms with Gasteiger partial charge in [-0.1, -0.05) is 64.1 Å². The fraction of sp³-hybridized carbons (Fsp3) is 0.226. The minimum Gasteiger partial charge on any atom is -0.268 e. The zero-order valence-electron chi connectivity index (χ0n) is 20.9. The highest BCUT2D eigenvalue weighted by Crippen LogP contribution is 2.44. The van der Waals surface area contributed by atoms with E-state index in [4.69, 9.17) is 0 Å². The van der Waals surface area contributed by atoms with Gasteiger partial charge in [-0.05, 0) is 80.4 Å². The van der Waals surface area contributed by atoms with Crippen LogP contribution in [0.25, 0.3) is 47.4 Å². The Hall–Kier alpha value is -3.02. The first kappa shape index (κ1) is 23.4. The Balaban J connectivity index is 1.90. The Kier molecular flexibility index (Phi) is 5.36. The second kappa shape index (κ2) is 8.25. The number of aryl methyl sites for hydroxylation is 1. The zero-order chi connectivity index (χ0) is 25.5. The number of nitrogens with zero attached hydrogens (tertiary/aromatic N) is 1. The highest BCUT2D eigenvalue weighted by molar-refractivity contribution is 9.10. The fourth-order valence-electron chi connectivity index (χ4n) is 5.67. The first-order chi connectivity index (χ1) is 17.2. The van der Waals surface area contributed by atoms with Gasteiger partial charge in [-0.3, -0.25) is 9.59 Å². The summed E-state index contributed by atoms with van der Waals surface area (Å²) in [5, 5.41) is 5.21. The van der Waals surface area contributed by atoms with Crippen LogP contribution in [0.2, 0.25) is 0 Å². The van der Waals surface area contributed by atoms with E-state index in [0.717, 1.165) is 53.1 Å². The minimum atomic E-state index is -0.256. The molecular weight excluding hydrogens is 530 g/mol. The molecule has 36 heavy (non-hydrogen) atoms. The maximum atomic E-state index is 14.3. The first-order valence-electron chi connectivity index (χ1n) is 12.3. The molecule has 0 spiro atoms. The summed E-state index contributed by atoms with van der Waals surface area (Å²) in [4.78, 5) is 28.5. The molecule has 4 aromatic carbocycles. The smallest absolute Gasteiger partial charge is 0.266 e. The molecular formula is C31H26BrNO2S. The lowest BCUT2D eigenvalue weighted by Crippen LogP contribution is -2.34. The van der Waals surface area contributed by atoms with Crippen molar-refractivity contribution in [1.82, 2.24) is 4.57 Å². The number of fused-ring (bicyclic) bond motifs is 2. The molecule has 5 heteroatoms. The van der Waals surface area contributed by atoms with Crippen LogP contribution in [0.3, 0.4) is 0 Å². The van der Waals surface area contributed by atoms with Gasteiger partial charge in [0.1, 0.15) is 0 Å². The molecule has 6 aromatic rings. The summed E-state index contributed by atoms with van der Waals surface area (Å²) in [6.07, 6.45) is 0. The molecule has 0 N–H and O–H groups in total. The van der Waals surface area contributed by atoms with E-state index in [1.807, 2.05) is 42.5 Å². The molecule has 180 valence electrons. The van der Waals surface area contributed by atoms with Crippen molar-refractivity contribution in [3.8, 4) is 5.69 Å². The number of para-hydroxylation sites is 1. The lowest BCUT2D eigenvalue weighted by atomic mass is 9.91. The number of aromatic nitrogens is 1. The van der Waals surface area contributed by atoms with Gasteiger partial charge in [-0.15, -0.1) is 11.3 Å². The quantitative estimate of drug-likeness (QED) is 0.162. The molecule has 0 saturated heterocycles. The number of benzene rings is 4. The Morgan fingerprint density at radius 2 is 1.36 bits per heavy atom. The van der Waals surface area contributed by atoms with E-state index >= 15 is 0 Å². The van der Waals surface area contributed by atoms with Gasteiger partial charge < -0.3 is 0 Å². The maximum absolute atomic E-state index is 14.3. The molecule has 0 atom stereocenters. The van der Waals surface area contributed by atoms with Gasteiger partial charge in [-0.25, -0.2) is 4.57 Å². The fourth-order valence-corrected chi connectivity index (χ4v) is 7.45. The third kappa shape index (κ3) is 3.15. The zero-order valence-corrected chi connectivity index (χ0v) is 23.3. The lowest BCUT2D eigenvalue weighted by Gasteiger charge is -2.22. The second-order valence-corrected chi connectivity index (χ2v) is 12.1. The van der Waals surface area contributed by atoms with E-state index in [1.165, 1.54) is 9.27 Å². The van der Waals surface area contributed by atoms with Crippen LogP contribution in [-0.4, -0.2) is 4.57 Å². The van der Waals surface area contributed by atoms with Crippen LogP contribution in [0, 0.1) is 6.92 Å². The van der Waals surface area contributed by atoms with E-state index in [0.29, 0.717) is 10.8 Å². The second-order valence-electron chi connectivity index (χ2n) is 10.2. The van der Waals surface area contributed by atoms with Crippen molar-refractivity contribution < 1.29 is 0 Å². The van der Waals surface area contributed by atoms with Crippen molar-refractivity contribution in [2.24, 2.45) is 0 Å². The highest BCUT2D eigenvalue weighted by atomic mass is 79.9. The normalized spacial score (nSPS) is 12.3. The number of hydrogen-bond acceptors (Lipinski definition) is 3. The largest absolute Gasteiger partial charge is 0.268 e. The van der Waals surface area contributed by atoms with Crippen LogP contribution < -0.4 is 11.1 Å². The van der Waals surface area contributed by atoms with E-state index in [-0.39, 0.29) is 23.0 Å². The van der Waals surface area contributed by atoms with Crippen molar-refractivity contribution in [1.29, 1.82) is 0 Å². The average molecular weight is 557 g/mol. The topological polar surface area (TPSA) is 39.1 Å². The Labute approximate surface area is 221 Å². The van der Waals surface area contributed by atoms with Crippen LogP contribution >= 0.6 is 27.3 Å². The summed E-state index contributed by atoms with van der Waals surface area (Å²) in [5.41, 5.74) is 3.31. The van der Waals surface area contributed by atoms with Gasteiger partial charge in [-0.2, -0.15) is 0 Å². The predicted molar refractivity (Wildman–Crippen MR) is 158 cm³/mol. The highest BCUT2D eigenvalue weighted by Gasteiger charge is 2.25. The molecule has 2 heterocycles. The van der Waals surface area contributed by atoms with Gasteiger partial charge in [0.2, 0.25) is 0 Å². The number of rotatable bonds is 3. The molecule has 6 rings (SSSR count). The van der Waals surface area contributed by atoms with Crippen molar-refractivity contribution in [2.75, 3.05) is 0 Å². The maximum Gasteiger partial charge on any atom is 0.266 e. The van der Waals surface area contributed by atoms with Crippen LogP contribution in [0.15, 0.2) is 68.7 Å². The third-order valence-corrected chi connectivity index (χ3v) is 9.40. The predicted octanol–water partition coefficient (Wildman–Crippen LogP) is 8.63. The first-order valence-corrected chi connectivity index (χ1v) is 13.9. The Morgan fingerprint density at radius 1 is 0.750 bits per heavy atom. The molecule has 0 amide bonds. The summed E-state index contributed by atoms with van der Waals surface area (Å²) < 4.78 is 4.57. The van der Waals surface area contributed by atoms with Crippen molar-refractivity contribution in [3.63, 3.8) is 0 Å². The van der Waals surface area contributed by atoms with Crippen molar-refractivity contribution in [3.05, 3.63) is 96.5 Å². The number of hydrogen-bond donors (Lipinski definition) is 0. The molecule has 0 aliphatic heterocycles. The third-order valence-electron chi connectivity index (χ3n) is 7.31. The number of halogens is 1.